The van der Waals surface area contributed by atoms with Crippen LogP contribution >= 0.6 is 23.7 Å². The van der Waals surface area contributed by atoms with Crippen LogP contribution in [-0.4, -0.2) is 29.5 Å². The van der Waals surface area contributed by atoms with Crippen LogP contribution < -0.4 is 5.73 Å². The molecule has 2 N–H and O–H groups in total. The van der Waals surface area contributed by atoms with E-state index in [2.05, 4.69) is 16.9 Å². The second-order valence-electron chi connectivity index (χ2n) is 5.55. The maximum Gasteiger partial charge on any atom is 0.236 e. The molecular formula is C15H22ClN3OS. The van der Waals surface area contributed by atoms with Gasteiger partial charge in [0.15, 0.2) is 0 Å². The lowest BCUT2D eigenvalue weighted by molar-refractivity contribution is 0.212. The Kier molecular flexibility index (Phi) is 5.43. The molecule has 1 saturated carbocycles. The van der Waals surface area contributed by atoms with Crippen LogP contribution in [0.3, 0.4) is 0 Å². The fourth-order valence-corrected chi connectivity index (χ4v) is 3.30. The van der Waals surface area contributed by atoms with Crippen LogP contribution in [0.25, 0.3) is 10.8 Å². The van der Waals surface area contributed by atoms with Gasteiger partial charge in [0, 0.05) is 19.1 Å². The molecule has 1 fully saturated rings. The molecule has 1 atom stereocenters. The van der Waals surface area contributed by atoms with Crippen LogP contribution in [0.15, 0.2) is 21.9 Å². The Morgan fingerprint density at radius 3 is 2.86 bits per heavy atom. The average molecular weight is 328 g/mol. The van der Waals surface area contributed by atoms with Crippen molar-refractivity contribution >= 4 is 23.7 Å². The van der Waals surface area contributed by atoms with Gasteiger partial charge in [-0.3, -0.25) is 4.90 Å². The van der Waals surface area contributed by atoms with Gasteiger partial charge in [0.25, 0.3) is 0 Å². The van der Waals surface area contributed by atoms with Crippen LogP contribution in [-0.2, 0) is 6.54 Å². The van der Waals surface area contributed by atoms with Crippen molar-refractivity contribution in [2.75, 3.05) is 13.6 Å². The van der Waals surface area contributed by atoms with Gasteiger partial charge in [-0.2, -0.15) is 0 Å². The molecule has 0 amide bonds. The largest absolute Gasteiger partial charge is 0.440 e. The molecule has 4 nitrogen and oxygen atoms in total. The van der Waals surface area contributed by atoms with Gasteiger partial charge in [-0.25, -0.2) is 4.98 Å². The molecular weight excluding hydrogens is 306 g/mol. The third kappa shape index (κ3) is 3.66. The van der Waals surface area contributed by atoms with Crippen LogP contribution in [0.5, 0.6) is 0 Å². The fourth-order valence-electron chi connectivity index (χ4n) is 2.65. The molecule has 0 saturated heterocycles. The van der Waals surface area contributed by atoms with Gasteiger partial charge in [0.1, 0.15) is 5.76 Å². The highest BCUT2D eigenvalue weighted by atomic mass is 35.5. The van der Waals surface area contributed by atoms with Gasteiger partial charge >= 0.3 is 0 Å². The van der Waals surface area contributed by atoms with E-state index in [0.717, 1.165) is 41.2 Å². The number of halogens is 1. The summed E-state index contributed by atoms with van der Waals surface area (Å²) in [4.78, 5) is 8.05. The summed E-state index contributed by atoms with van der Waals surface area (Å²) in [7, 11) is 2.13. The van der Waals surface area contributed by atoms with Crippen molar-refractivity contribution in [3.8, 4) is 10.8 Å². The number of likely N-dealkylation sites (N-methyl/N-ethyl adjacent to an activating group) is 1. The Morgan fingerprint density at radius 2 is 2.29 bits per heavy atom. The van der Waals surface area contributed by atoms with Crippen LogP contribution in [0, 0.1) is 12.8 Å². The van der Waals surface area contributed by atoms with E-state index < -0.39 is 0 Å². The molecule has 2 heterocycles. The predicted octanol–water partition coefficient (Wildman–Crippen LogP) is 3.30. The summed E-state index contributed by atoms with van der Waals surface area (Å²) in [5, 5.41) is 2.04. The Bertz CT molecular complexity index is 565. The molecule has 0 bridgehead atoms. The van der Waals surface area contributed by atoms with Crippen molar-refractivity contribution in [1.82, 2.24) is 9.88 Å². The summed E-state index contributed by atoms with van der Waals surface area (Å²) in [6.45, 7) is 3.51. The molecule has 0 spiro atoms. The van der Waals surface area contributed by atoms with Crippen molar-refractivity contribution in [2.24, 2.45) is 11.7 Å². The zero-order valence-corrected chi connectivity index (χ0v) is 14.0. The topological polar surface area (TPSA) is 55.3 Å². The summed E-state index contributed by atoms with van der Waals surface area (Å²) in [6.07, 6.45) is 2.62. The molecule has 0 radical (unpaired) electrons. The molecule has 1 unspecified atom stereocenters. The number of rotatable bonds is 6. The first-order chi connectivity index (χ1) is 9.69. The Labute approximate surface area is 135 Å². The van der Waals surface area contributed by atoms with Crippen LogP contribution in [0.2, 0.25) is 0 Å². The summed E-state index contributed by atoms with van der Waals surface area (Å²) in [5.74, 6) is 2.41. The van der Waals surface area contributed by atoms with Crippen molar-refractivity contribution in [3.05, 3.63) is 29.0 Å². The summed E-state index contributed by atoms with van der Waals surface area (Å²) in [5.41, 5.74) is 6.93. The summed E-state index contributed by atoms with van der Waals surface area (Å²) < 4.78 is 5.79. The van der Waals surface area contributed by atoms with E-state index in [-0.39, 0.29) is 12.4 Å². The van der Waals surface area contributed by atoms with Crippen molar-refractivity contribution in [2.45, 2.75) is 32.4 Å². The highest BCUT2D eigenvalue weighted by molar-refractivity contribution is 7.13. The molecule has 2 aromatic heterocycles. The molecule has 2 aromatic rings. The first-order valence-electron chi connectivity index (χ1n) is 7.09. The average Bonchev–Trinajstić information content (AvgIpc) is 2.98. The van der Waals surface area contributed by atoms with E-state index >= 15 is 0 Å². The highest BCUT2D eigenvalue weighted by Crippen LogP contribution is 2.35. The molecule has 21 heavy (non-hydrogen) atoms. The van der Waals surface area contributed by atoms with Crippen LogP contribution in [0.1, 0.15) is 24.3 Å². The van der Waals surface area contributed by atoms with E-state index in [9.17, 15) is 0 Å². The van der Waals surface area contributed by atoms with E-state index in [0.29, 0.717) is 6.04 Å². The Balaban J connectivity index is 0.00000161. The molecule has 1 aliphatic carbocycles. The van der Waals surface area contributed by atoms with E-state index in [4.69, 9.17) is 10.2 Å². The number of oxazole rings is 1. The zero-order valence-electron chi connectivity index (χ0n) is 12.4. The van der Waals surface area contributed by atoms with E-state index in [1.165, 1.54) is 12.8 Å². The number of hydrogen-bond acceptors (Lipinski definition) is 5. The predicted molar refractivity (Wildman–Crippen MR) is 88.8 cm³/mol. The lowest BCUT2D eigenvalue weighted by atomic mass is 10.1. The van der Waals surface area contributed by atoms with E-state index in [1.807, 2.05) is 24.4 Å². The fraction of sp³-hybridized carbons (Fsp3) is 0.533. The minimum atomic E-state index is 0. The van der Waals surface area contributed by atoms with Gasteiger partial charge in [0.05, 0.1) is 10.6 Å². The number of nitrogens with two attached hydrogens (primary N) is 1. The van der Waals surface area contributed by atoms with Gasteiger partial charge in [-0.1, -0.05) is 6.07 Å². The third-order valence-electron chi connectivity index (χ3n) is 4.00. The van der Waals surface area contributed by atoms with Gasteiger partial charge < -0.3 is 10.2 Å². The third-order valence-corrected chi connectivity index (χ3v) is 4.86. The normalized spacial score (nSPS) is 16.0. The lowest BCUT2D eigenvalue weighted by Gasteiger charge is -2.26. The second kappa shape index (κ2) is 6.92. The Morgan fingerprint density at radius 1 is 1.52 bits per heavy atom. The summed E-state index contributed by atoms with van der Waals surface area (Å²) in [6, 6.07) is 4.52. The molecule has 6 heteroatoms. The highest BCUT2D eigenvalue weighted by Gasteiger charge is 2.33. The van der Waals surface area contributed by atoms with E-state index in [1.54, 1.807) is 11.3 Å². The molecule has 3 rings (SSSR count). The second-order valence-corrected chi connectivity index (χ2v) is 6.50. The zero-order chi connectivity index (χ0) is 14.1. The standard InChI is InChI=1S/C15H21N3OS.ClH/c1-10-12(9-18(2)13(8-16)11-5-6-11)17-15(19-10)14-4-3-7-20-14;/h3-4,7,11,13H,5-6,8-9,16H2,1-2H3;1H. The maximum absolute atomic E-state index is 5.90. The SMILES string of the molecule is Cc1oc(-c2cccs2)nc1CN(C)C(CN)C1CC1.Cl. The lowest BCUT2D eigenvalue weighted by Crippen LogP contribution is -2.39. The molecule has 0 aromatic carbocycles. The maximum atomic E-state index is 5.90. The van der Waals surface area contributed by atoms with Gasteiger partial charge in [-0.15, -0.1) is 23.7 Å². The number of aryl methyl sites for hydroxylation is 1. The minimum Gasteiger partial charge on any atom is -0.440 e. The first kappa shape index (κ1) is 16.5. The quantitative estimate of drug-likeness (QED) is 0.884. The number of hydrogen-bond donors (Lipinski definition) is 1. The Hall–Kier alpha value is -0.880. The van der Waals surface area contributed by atoms with Crippen molar-refractivity contribution < 1.29 is 4.42 Å². The first-order valence-corrected chi connectivity index (χ1v) is 7.97. The molecule has 0 aliphatic heterocycles. The molecule has 116 valence electrons. The van der Waals surface area contributed by atoms with Gasteiger partial charge in [0.2, 0.25) is 5.89 Å². The smallest absolute Gasteiger partial charge is 0.236 e. The summed E-state index contributed by atoms with van der Waals surface area (Å²) >= 11 is 1.65. The van der Waals surface area contributed by atoms with Crippen molar-refractivity contribution in [1.29, 1.82) is 0 Å². The van der Waals surface area contributed by atoms with Crippen LogP contribution in [0.4, 0.5) is 0 Å². The van der Waals surface area contributed by atoms with Gasteiger partial charge in [-0.05, 0) is 44.2 Å². The number of nitrogens with zero attached hydrogens (tertiary/aromatic N) is 2. The monoisotopic (exact) mass is 327 g/mol. The number of thiophene rings is 1. The number of aromatic nitrogens is 1. The molecule has 1 aliphatic rings. The van der Waals surface area contributed by atoms with Crippen molar-refractivity contribution in [3.63, 3.8) is 0 Å². The minimum absolute atomic E-state index is 0.